The van der Waals surface area contributed by atoms with Gasteiger partial charge in [-0.2, -0.15) is 0 Å². The molecule has 0 saturated carbocycles. The van der Waals surface area contributed by atoms with Crippen LogP contribution in [0.25, 0.3) is 21.8 Å². The smallest absolute Gasteiger partial charge is 0.271 e. The molecule has 3 aromatic carbocycles. The first kappa shape index (κ1) is 27.2. The van der Waals surface area contributed by atoms with Crippen LogP contribution in [0, 0.1) is 5.92 Å². The summed E-state index contributed by atoms with van der Waals surface area (Å²) >= 11 is 0. The molecule has 3 atom stereocenters. The quantitative estimate of drug-likeness (QED) is 0.242. The second-order valence-electron chi connectivity index (χ2n) is 10.4. The number of amides is 2. The lowest BCUT2D eigenvalue weighted by atomic mass is 9.87. The normalized spacial score (nSPS) is 14.2. The van der Waals surface area contributed by atoms with E-state index in [0.717, 1.165) is 16.3 Å². The van der Waals surface area contributed by atoms with Crippen molar-refractivity contribution >= 4 is 33.6 Å². The first-order valence-electron chi connectivity index (χ1n) is 12.8. The van der Waals surface area contributed by atoms with Gasteiger partial charge in [-0.1, -0.05) is 54.6 Å². The van der Waals surface area contributed by atoms with Gasteiger partial charge in [-0.3, -0.25) is 14.6 Å². The summed E-state index contributed by atoms with van der Waals surface area (Å²) in [7, 11) is 0. The Bertz CT molecular complexity index is 1430. The molecule has 5 N–H and O–H groups in total. The Labute approximate surface area is 221 Å². The van der Waals surface area contributed by atoms with Crippen molar-refractivity contribution in [1.82, 2.24) is 15.3 Å². The van der Waals surface area contributed by atoms with Crippen molar-refractivity contribution in [2.75, 3.05) is 0 Å². The fourth-order valence-electron chi connectivity index (χ4n) is 4.66. The number of benzene rings is 3. The van der Waals surface area contributed by atoms with Crippen LogP contribution in [0.1, 0.15) is 49.2 Å². The molecule has 4 rings (SSSR count). The Kier molecular flexibility index (Phi) is 8.34. The van der Waals surface area contributed by atoms with Crippen LogP contribution >= 0.6 is 0 Å². The van der Waals surface area contributed by atoms with Crippen LogP contribution in [0.5, 0.6) is 0 Å². The highest BCUT2D eigenvalue weighted by Crippen LogP contribution is 2.24. The minimum absolute atomic E-state index is 0.0462. The zero-order chi connectivity index (χ0) is 27.3. The number of fused-ring (bicyclic) bond motifs is 2. The molecule has 8 heteroatoms. The number of primary amides is 1. The number of aliphatic hydroxyl groups excluding tert-OH is 1. The standard InChI is InChI=1S/C30H34N4O4/c1-30(2,38)15-14-21(28(31)36)17-27(35)25(16-20-10-7-9-19-8-3-4-11-22(19)20)34-29(37)26-18-32-23-12-5-6-13-24(23)33-26/h3-13,18,21,25,27,35,38H,14-17H2,1-2H3,(H2,31,36)(H,34,37)/t21-,25-,27-/m0/s1. The van der Waals surface area contributed by atoms with E-state index in [-0.39, 0.29) is 12.1 Å². The number of carbonyl (C=O) groups is 2. The number of para-hydroxylation sites is 2. The van der Waals surface area contributed by atoms with Crippen LogP contribution in [0.3, 0.4) is 0 Å². The third-order valence-electron chi connectivity index (χ3n) is 6.81. The summed E-state index contributed by atoms with van der Waals surface area (Å²) < 4.78 is 0. The van der Waals surface area contributed by atoms with E-state index < -0.39 is 35.5 Å². The lowest BCUT2D eigenvalue weighted by molar-refractivity contribution is -0.123. The molecule has 0 radical (unpaired) electrons. The molecule has 0 aliphatic heterocycles. The predicted octanol–water partition coefficient (Wildman–Crippen LogP) is 3.53. The molecular weight excluding hydrogens is 480 g/mol. The molecule has 2 amide bonds. The summed E-state index contributed by atoms with van der Waals surface area (Å²) in [5.74, 6) is -1.69. The molecule has 0 unspecified atom stereocenters. The summed E-state index contributed by atoms with van der Waals surface area (Å²) in [6.07, 6.45) is 1.37. The van der Waals surface area contributed by atoms with Crippen LogP contribution in [0.15, 0.2) is 72.9 Å². The van der Waals surface area contributed by atoms with Crippen molar-refractivity contribution < 1.29 is 19.8 Å². The van der Waals surface area contributed by atoms with Crippen LogP contribution in [0.2, 0.25) is 0 Å². The van der Waals surface area contributed by atoms with Crippen LogP contribution in [-0.4, -0.2) is 49.7 Å². The van der Waals surface area contributed by atoms with Gasteiger partial charge in [-0.05, 0) is 68.0 Å². The number of carbonyl (C=O) groups excluding carboxylic acids is 2. The number of aliphatic hydroxyl groups is 2. The number of nitrogens with two attached hydrogens (primary N) is 1. The van der Waals surface area contributed by atoms with Gasteiger partial charge in [0.15, 0.2) is 0 Å². The van der Waals surface area contributed by atoms with E-state index in [4.69, 9.17) is 5.73 Å². The third kappa shape index (κ3) is 6.90. The van der Waals surface area contributed by atoms with Crippen LogP contribution < -0.4 is 11.1 Å². The second-order valence-corrected chi connectivity index (χ2v) is 10.4. The Hall–Kier alpha value is -3.88. The number of aromatic nitrogens is 2. The average Bonchev–Trinajstić information content (AvgIpc) is 2.89. The Morgan fingerprint density at radius 2 is 1.68 bits per heavy atom. The molecule has 8 nitrogen and oxygen atoms in total. The van der Waals surface area contributed by atoms with E-state index in [9.17, 15) is 19.8 Å². The van der Waals surface area contributed by atoms with Gasteiger partial charge in [0.05, 0.1) is 35.0 Å². The molecule has 0 saturated heterocycles. The fraction of sp³-hybridized carbons (Fsp3) is 0.333. The summed E-state index contributed by atoms with van der Waals surface area (Å²) in [6.45, 7) is 3.32. The second kappa shape index (κ2) is 11.7. The van der Waals surface area contributed by atoms with Crippen LogP contribution in [-0.2, 0) is 11.2 Å². The Balaban J connectivity index is 1.61. The van der Waals surface area contributed by atoms with Crippen molar-refractivity contribution in [3.05, 3.63) is 84.2 Å². The van der Waals surface area contributed by atoms with E-state index in [0.29, 0.717) is 30.3 Å². The van der Waals surface area contributed by atoms with E-state index in [1.807, 2.05) is 60.7 Å². The topological polar surface area (TPSA) is 138 Å². The summed E-state index contributed by atoms with van der Waals surface area (Å²) in [4.78, 5) is 34.2. The van der Waals surface area contributed by atoms with E-state index >= 15 is 0 Å². The Morgan fingerprint density at radius 1 is 1.00 bits per heavy atom. The highest BCUT2D eigenvalue weighted by Gasteiger charge is 2.29. The fourth-order valence-corrected chi connectivity index (χ4v) is 4.66. The first-order valence-corrected chi connectivity index (χ1v) is 12.8. The molecule has 1 aromatic heterocycles. The molecule has 38 heavy (non-hydrogen) atoms. The SMILES string of the molecule is CC(C)(O)CC[C@@H](C[C@H](O)[C@H](Cc1cccc2ccccc12)NC(=O)c1cnc2ccccc2n1)C(N)=O. The minimum atomic E-state index is -1.08. The van der Waals surface area contributed by atoms with Gasteiger partial charge in [-0.25, -0.2) is 4.98 Å². The van der Waals surface area contributed by atoms with Crippen LogP contribution in [0.4, 0.5) is 0 Å². The largest absolute Gasteiger partial charge is 0.391 e. The van der Waals surface area contributed by atoms with Crippen molar-refractivity contribution in [2.24, 2.45) is 11.7 Å². The van der Waals surface area contributed by atoms with Gasteiger partial charge < -0.3 is 21.3 Å². The number of rotatable bonds is 11. The van der Waals surface area contributed by atoms with Gasteiger partial charge in [0.2, 0.25) is 5.91 Å². The number of nitrogens with one attached hydrogen (secondary N) is 1. The van der Waals surface area contributed by atoms with E-state index in [2.05, 4.69) is 15.3 Å². The summed E-state index contributed by atoms with van der Waals surface area (Å²) in [5.41, 5.74) is 7.02. The van der Waals surface area contributed by atoms with Gasteiger partial charge in [0.25, 0.3) is 5.91 Å². The van der Waals surface area contributed by atoms with Gasteiger partial charge >= 0.3 is 0 Å². The highest BCUT2D eigenvalue weighted by atomic mass is 16.3. The molecule has 4 aromatic rings. The van der Waals surface area contributed by atoms with Crippen molar-refractivity contribution in [3.63, 3.8) is 0 Å². The molecule has 198 valence electrons. The van der Waals surface area contributed by atoms with Gasteiger partial charge in [0, 0.05) is 5.92 Å². The lowest BCUT2D eigenvalue weighted by Gasteiger charge is -2.28. The van der Waals surface area contributed by atoms with Gasteiger partial charge in [-0.15, -0.1) is 0 Å². The third-order valence-corrected chi connectivity index (χ3v) is 6.81. The summed E-state index contributed by atoms with van der Waals surface area (Å²) in [6, 6.07) is 20.3. The molecular formula is C30H34N4O4. The number of hydrogen-bond acceptors (Lipinski definition) is 6. The van der Waals surface area contributed by atoms with Crippen molar-refractivity contribution in [2.45, 2.75) is 57.3 Å². The maximum absolute atomic E-state index is 13.3. The maximum atomic E-state index is 13.3. The monoisotopic (exact) mass is 514 g/mol. The molecule has 0 aliphatic carbocycles. The van der Waals surface area contributed by atoms with E-state index in [1.165, 1.54) is 6.20 Å². The van der Waals surface area contributed by atoms with Crippen molar-refractivity contribution in [1.29, 1.82) is 0 Å². The number of nitrogens with zero attached hydrogens (tertiary/aromatic N) is 2. The minimum Gasteiger partial charge on any atom is -0.391 e. The lowest BCUT2D eigenvalue weighted by Crippen LogP contribution is -2.46. The molecule has 0 aliphatic rings. The van der Waals surface area contributed by atoms with Gasteiger partial charge in [0.1, 0.15) is 5.69 Å². The first-order chi connectivity index (χ1) is 18.1. The zero-order valence-electron chi connectivity index (χ0n) is 21.7. The molecule has 0 bridgehead atoms. The zero-order valence-corrected chi connectivity index (χ0v) is 21.7. The molecule has 1 heterocycles. The van der Waals surface area contributed by atoms with E-state index in [1.54, 1.807) is 19.9 Å². The average molecular weight is 515 g/mol. The summed E-state index contributed by atoms with van der Waals surface area (Å²) in [5, 5.41) is 26.5. The predicted molar refractivity (Wildman–Crippen MR) is 147 cm³/mol. The number of hydrogen-bond donors (Lipinski definition) is 4. The molecule has 0 fully saturated rings. The Morgan fingerprint density at radius 3 is 2.42 bits per heavy atom. The molecule has 0 spiro atoms. The maximum Gasteiger partial charge on any atom is 0.271 e. The van der Waals surface area contributed by atoms with Crippen molar-refractivity contribution in [3.8, 4) is 0 Å². The highest BCUT2D eigenvalue weighted by molar-refractivity contribution is 5.94.